The number of aryl methyl sites for hydroxylation is 1. The fourth-order valence-corrected chi connectivity index (χ4v) is 3.10. The van der Waals surface area contributed by atoms with Crippen LogP contribution in [0.3, 0.4) is 0 Å². The van der Waals surface area contributed by atoms with E-state index in [0.717, 1.165) is 17.7 Å². The van der Waals surface area contributed by atoms with Gasteiger partial charge in [-0.3, -0.25) is 14.2 Å². The first kappa shape index (κ1) is 17.8. The predicted molar refractivity (Wildman–Crippen MR) is 107 cm³/mol. The van der Waals surface area contributed by atoms with Gasteiger partial charge in [0.15, 0.2) is 4.77 Å². The number of carbonyl (C=O) groups is 1. The zero-order chi connectivity index (χ0) is 18.7. The van der Waals surface area contributed by atoms with Crippen LogP contribution in [-0.2, 0) is 13.0 Å². The number of aromatic nitrogens is 2. The molecule has 0 spiro atoms. The Morgan fingerprint density at radius 2 is 2.08 bits per heavy atom. The molecule has 1 aromatic heterocycles. The molecule has 26 heavy (non-hydrogen) atoms. The molecule has 0 radical (unpaired) electrons. The van der Waals surface area contributed by atoms with E-state index >= 15 is 0 Å². The maximum Gasteiger partial charge on any atom is 0.262 e. The summed E-state index contributed by atoms with van der Waals surface area (Å²) >= 11 is 5.24. The Morgan fingerprint density at radius 1 is 1.31 bits per heavy atom. The lowest BCUT2D eigenvalue weighted by atomic mass is 10.1. The van der Waals surface area contributed by atoms with Gasteiger partial charge in [-0.2, -0.15) is 0 Å². The molecule has 2 aromatic carbocycles. The van der Waals surface area contributed by atoms with E-state index < -0.39 is 0 Å². The average molecular weight is 365 g/mol. The first-order valence-corrected chi connectivity index (χ1v) is 8.73. The van der Waals surface area contributed by atoms with Crippen LogP contribution in [-0.4, -0.2) is 15.5 Å². The van der Waals surface area contributed by atoms with E-state index in [1.54, 1.807) is 24.3 Å². The van der Waals surface area contributed by atoms with E-state index in [1.165, 1.54) is 4.57 Å². The van der Waals surface area contributed by atoms with Gasteiger partial charge in [0.05, 0.1) is 10.9 Å². The summed E-state index contributed by atoms with van der Waals surface area (Å²) in [6, 6.07) is 12.6. The van der Waals surface area contributed by atoms with Crippen molar-refractivity contribution in [3.05, 3.63) is 81.4 Å². The molecule has 0 aliphatic rings. The summed E-state index contributed by atoms with van der Waals surface area (Å²) in [5.74, 6) is -0.234. The zero-order valence-electron chi connectivity index (χ0n) is 14.4. The molecule has 1 heterocycles. The number of allylic oxidation sites excluding steroid dienone is 1. The Kier molecular flexibility index (Phi) is 5.14. The van der Waals surface area contributed by atoms with Crippen molar-refractivity contribution in [1.29, 1.82) is 0 Å². The Hall–Kier alpha value is -2.99. The van der Waals surface area contributed by atoms with E-state index in [0.29, 0.717) is 27.8 Å². The van der Waals surface area contributed by atoms with E-state index in [1.807, 2.05) is 31.2 Å². The fraction of sp³-hybridized carbons (Fsp3) is 0.150. The van der Waals surface area contributed by atoms with Crippen molar-refractivity contribution in [2.45, 2.75) is 19.9 Å². The summed E-state index contributed by atoms with van der Waals surface area (Å²) in [6.45, 7) is 6.01. The number of hydrogen-bond acceptors (Lipinski definition) is 3. The minimum absolute atomic E-state index is 0.202. The Bertz CT molecular complexity index is 1110. The molecular formula is C20H19N3O2S. The molecule has 132 valence electrons. The summed E-state index contributed by atoms with van der Waals surface area (Å²) in [7, 11) is 0. The molecule has 0 unspecified atom stereocenters. The Morgan fingerprint density at radius 3 is 2.81 bits per heavy atom. The van der Waals surface area contributed by atoms with Crippen molar-refractivity contribution in [1.82, 2.24) is 9.55 Å². The summed E-state index contributed by atoms with van der Waals surface area (Å²) in [5, 5.41) is 3.41. The molecule has 0 bridgehead atoms. The lowest BCUT2D eigenvalue weighted by molar-refractivity contribution is 0.102. The maximum absolute atomic E-state index is 12.6. The van der Waals surface area contributed by atoms with Crippen molar-refractivity contribution < 1.29 is 4.79 Å². The largest absolute Gasteiger partial charge is 0.332 e. The van der Waals surface area contributed by atoms with Gasteiger partial charge < -0.3 is 10.3 Å². The molecule has 5 nitrogen and oxygen atoms in total. The van der Waals surface area contributed by atoms with Crippen molar-refractivity contribution >= 4 is 34.7 Å². The van der Waals surface area contributed by atoms with E-state index in [9.17, 15) is 9.59 Å². The number of para-hydroxylation sites is 1. The van der Waals surface area contributed by atoms with Crippen LogP contribution < -0.4 is 10.9 Å². The van der Waals surface area contributed by atoms with Gasteiger partial charge in [-0.05, 0) is 48.5 Å². The SMILES string of the molecule is C=CCn1c(=S)[nH]c2cc(C(=O)Nc3ccccc3CC)ccc2c1=O. The third-order valence-electron chi connectivity index (χ3n) is 4.20. The number of nitrogens with one attached hydrogen (secondary N) is 2. The van der Waals surface area contributed by atoms with Crippen LogP contribution in [0.15, 0.2) is 59.9 Å². The second-order valence-corrected chi connectivity index (χ2v) is 6.25. The number of anilines is 1. The molecule has 2 N–H and O–H groups in total. The molecule has 1 amide bonds. The molecule has 3 aromatic rings. The maximum atomic E-state index is 12.6. The highest BCUT2D eigenvalue weighted by atomic mass is 32.1. The van der Waals surface area contributed by atoms with Gasteiger partial charge in [-0.15, -0.1) is 6.58 Å². The van der Waals surface area contributed by atoms with E-state index in [4.69, 9.17) is 12.2 Å². The minimum atomic E-state index is -0.234. The molecule has 6 heteroatoms. The number of H-pyrrole nitrogens is 1. The van der Waals surface area contributed by atoms with Gasteiger partial charge in [0.1, 0.15) is 0 Å². The standard InChI is InChI=1S/C20H19N3O2S/c1-3-11-23-19(25)15-10-9-14(12-17(15)22-20(23)26)18(24)21-16-8-6-5-7-13(16)4-2/h3,5-10,12H,1,4,11H2,2H3,(H,21,24)(H,22,26). The molecule has 0 saturated heterocycles. The van der Waals surface area contributed by atoms with E-state index in [2.05, 4.69) is 16.9 Å². The van der Waals surface area contributed by atoms with Gasteiger partial charge >= 0.3 is 0 Å². The van der Waals surface area contributed by atoms with Gasteiger partial charge in [0, 0.05) is 17.8 Å². The number of benzene rings is 2. The lowest BCUT2D eigenvalue weighted by Gasteiger charge is -2.11. The van der Waals surface area contributed by atoms with Crippen molar-refractivity contribution in [3.63, 3.8) is 0 Å². The summed E-state index contributed by atoms with van der Waals surface area (Å²) in [4.78, 5) is 28.2. The Labute approximate surface area is 156 Å². The highest BCUT2D eigenvalue weighted by Crippen LogP contribution is 2.18. The summed E-state index contributed by atoms with van der Waals surface area (Å²) < 4.78 is 1.73. The first-order valence-electron chi connectivity index (χ1n) is 8.32. The van der Waals surface area contributed by atoms with E-state index in [-0.39, 0.29) is 11.5 Å². The number of fused-ring (bicyclic) bond motifs is 1. The van der Waals surface area contributed by atoms with Crippen LogP contribution in [0.4, 0.5) is 5.69 Å². The number of rotatable bonds is 5. The third kappa shape index (κ3) is 3.36. The number of carbonyl (C=O) groups excluding carboxylic acids is 1. The van der Waals surface area contributed by atoms with Gasteiger partial charge in [0.2, 0.25) is 0 Å². The number of hydrogen-bond donors (Lipinski definition) is 2. The molecule has 0 saturated carbocycles. The lowest BCUT2D eigenvalue weighted by Crippen LogP contribution is -2.22. The predicted octanol–water partition coefficient (Wildman–Crippen LogP) is 4.06. The zero-order valence-corrected chi connectivity index (χ0v) is 15.2. The fourth-order valence-electron chi connectivity index (χ4n) is 2.84. The number of aromatic amines is 1. The molecule has 0 atom stereocenters. The Balaban J connectivity index is 2.00. The average Bonchev–Trinajstić information content (AvgIpc) is 2.65. The molecular weight excluding hydrogens is 346 g/mol. The van der Waals surface area contributed by atoms with Crippen LogP contribution in [0, 0.1) is 4.77 Å². The first-order chi connectivity index (χ1) is 12.5. The molecule has 0 aliphatic heterocycles. The normalized spacial score (nSPS) is 10.7. The second kappa shape index (κ2) is 7.49. The smallest absolute Gasteiger partial charge is 0.262 e. The van der Waals surface area contributed by atoms with Crippen molar-refractivity contribution in [3.8, 4) is 0 Å². The topological polar surface area (TPSA) is 66.9 Å². The molecule has 3 rings (SSSR count). The van der Waals surface area contributed by atoms with Crippen LogP contribution in [0.25, 0.3) is 10.9 Å². The third-order valence-corrected chi connectivity index (χ3v) is 4.52. The summed E-state index contributed by atoms with van der Waals surface area (Å²) in [5.41, 5.74) is 2.64. The quantitative estimate of drug-likeness (QED) is 0.529. The van der Waals surface area contributed by atoms with Crippen molar-refractivity contribution in [2.75, 3.05) is 5.32 Å². The van der Waals surface area contributed by atoms with Crippen LogP contribution in [0.1, 0.15) is 22.8 Å². The van der Waals surface area contributed by atoms with Crippen molar-refractivity contribution in [2.24, 2.45) is 0 Å². The molecule has 0 fully saturated rings. The van der Waals surface area contributed by atoms with Crippen LogP contribution in [0.2, 0.25) is 0 Å². The monoisotopic (exact) mass is 365 g/mol. The number of amides is 1. The van der Waals surface area contributed by atoms with Gasteiger partial charge in [-0.1, -0.05) is 31.2 Å². The minimum Gasteiger partial charge on any atom is -0.332 e. The van der Waals surface area contributed by atoms with Crippen LogP contribution in [0.5, 0.6) is 0 Å². The highest BCUT2D eigenvalue weighted by Gasteiger charge is 2.11. The summed E-state index contributed by atoms with van der Waals surface area (Å²) in [6.07, 6.45) is 2.44. The highest BCUT2D eigenvalue weighted by molar-refractivity contribution is 7.71. The molecule has 0 aliphatic carbocycles. The second-order valence-electron chi connectivity index (χ2n) is 5.86. The van der Waals surface area contributed by atoms with Gasteiger partial charge in [0.25, 0.3) is 11.5 Å². The number of nitrogens with zero attached hydrogens (tertiary/aromatic N) is 1. The van der Waals surface area contributed by atoms with Crippen LogP contribution >= 0.6 is 12.2 Å². The van der Waals surface area contributed by atoms with Gasteiger partial charge in [-0.25, -0.2) is 0 Å².